The molecule has 0 saturated carbocycles. The molecule has 6 heteroatoms. The minimum atomic E-state index is 0.0826. The van der Waals surface area contributed by atoms with E-state index in [1.165, 1.54) is 11.1 Å². The molecule has 0 spiro atoms. The van der Waals surface area contributed by atoms with Crippen molar-refractivity contribution >= 4 is 34.6 Å². The Hall–Kier alpha value is -2.01. The second-order valence-corrected chi connectivity index (χ2v) is 7.41. The predicted molar refractivity (Wildman–Crippen MR) is 96.7 cm³/mol. The molecule has 122 valence electrons. The first-order chi connectivity index (χ1) is 10.7. The van der Waals surface area contributed by atoms with Crippen LogP contribution in [-0.4, -0.2) is 23.7 Å². The summed E-state index contributed by atoms with van der Waals surface area (Å²) < 4.78 is 0. The number of benzene rings is 1. The summed E-state index contributed by atoms with van der Waals surface area (Å²) in [6, 6.07) is 6.56. The van der Waals surface area contributed by atoms with Gasteiger partial charge in [0.15, 0.2) is 11.6 Å². The predicted octanol–water partition coefficient (Wildman–Crippen LogP) is 3.86. The molecule has 0 atom stereocenters. The van der Waals surface area contributed by atoms with Crippen LogP contribution in [-0.2, 0) is 5.41 Å². The van der Waals surface area contributed by atoms with E-state index in [9.17, 15) is 0 Å². The SMILES string of the molecule is Cc1ccc(C(C)(C)C)cc1N1CN(C)c2c(N)nc(Cl)nc21. The second kappa shape index (κ2) is 5.27. The smallest absolute Gasteiger partial charge is 0.226 e. The Morgan fingerprint density at radius 1 is 1.22 bits per heavy atom. The van der Waals surface area contributed by atoms with Gasteiger partial charge in [-0.05, 0) is 41.1 Å². The van der Waals surface area contributed by atoms with E-state index >= 15 is 0 Å². The van der Waals surface area contributed by atoms with Crippen molar-refractivity contribution in [2.24, 2.45) is 0 Å². The summed E-state index contributed by atoms with van der Waals surface area (Å²) in [5.74, 6) is 1.17. The van der Waals surface area contributed by atoms with Gasteiger partial charge in [-0.3, -0.25) is 0 Å². The molecule has 0 radical (unpaired) electrons. The minimum Gasteiger partial charge on any atom is -0.382 e. The molecule has 1 aromatic heterocycles. The Balaban J connectivity index is 2.16. The van der Waals surface area contributed by atoms with Gasteiger partial charge in [0.25, 0.3) is 0 Å². The van der Waals surface area contributed by atoms with Crippen LogP contribution in [0.3, 0.4) is 0 Å². The summed E-state index contributed by atoms with van der Waals surface area (Å²) in [6.45, 7) is 9.41. The third kappa shape index (κ3) is 2.70. The molecule has 0 saturated heterocycles. The molecular weight excluding hydrogens is 310 g/mol. The number of halogens is 1. The number of hydrogen-bond donors (Lipinski definition) is 1. The van der Waals surface area contributed by atoms with Crippen LogP contribution in [0.15, 0.2) is 18.2 Å². The molecule has 1 aliphatic rings. The van der Waals surface area contributed by atoms with E-state index in [1.54, 1.807) is 0 Å². The topological polar surface area (TPSA) is 58.3 Å². The molecule has 3 rings (SSSR count). The quantitative estimate of drug-likeness (QED) is 0.804. The summed E-state index contributed by atoms with van der Waals surface area (Å²) in [6.07, 6.45) is 0. The minimum absolute atomic E-state index is 0.0826. The van der Waals surface area contributed by atoms with Gasteiger partial charge in [0.05, 0.1) is 6.67 Å². The lowest BCUT2D eigenvalue weighted by molar-refractivity contribution is 0.590. The van der Waals surface area contributed by atoms with Crippen molar-refractivity contribution in [3.63, 3.8) is 0 Å². The van der Waals surface area contributed by atoms with E-state index in [-0.39, 0.29) is 10.7 Å². The number of aromatic nitrogens is 2. The maximum atomic E-state index is 6.04. The molecule has 0 unspecified atom stereocenters. The molecule has 2 N–H and O–H groups in total. The van der Waals surface area contributed by atoms with Crippen LogP contribution in [0.25, 0.3) is 0 Å². The largest absolute Gasteiger partial charge is 0.382 e. The highest BCUT2D eigenvalue weighted by Crippen LogP contribution is 2.43. The molecule has 2 aromatic rings. The van der Waals surface area contributed by atoms with Gasteiger partial charge in [-0.15, -0.1) is 0 Å². The van der Waals surface area contributed by atoms with Gasteiger partial charge in [-0.25, -0.2) is 0 Å². The van der Waals surface area contributed by atoms with Gasteiger partial charge < -0.3 is 15.5 Å². The van der Waals surface area contributed by atoms with E-state index in [0.717, 1.165) is 17.2 Å². The van der Waals surface area contributed by atoms with Crippen molar-refractivity contribution < 1.29 is 0 Å². The number of nitrogen functional groups attached to an aromatic ring is 1. The number of anilines is 4. The van der Waals surface area contributed by atoms with E-state index in [4.69, 9.17) is 17.3 Å². The lowest BCUT2D eigenvalue weighted by Gasteiger charge is -2.25. The van der Waals surface area contributed by atoms with E-state index < -0.39 is 0 Å². The molecule has 1 aliphatic heterocycles. The van der Waals surface area contributed by atoms with Gasteiger partial charge in [-0.2, -0.15) is 9.97 Å². The van der Waals surface area contributed by atoms with Crippen LogP contribution >= 0.6 is 11.6 Å². The van der Waals surface area contributed by atoms with Crippen molar-refractivity contribution in [2.45, 2.75) is 33.1 Å². The molecular formula is C17H22ClN5. The van der Waals surface area contributed by atoms with Crippen LogP contribution < -0.4 is 15.5 Å². The monoisotopic (exact) mass is 331 g/mol. The van der Waals surface area contributed by atoms with Crippen molar-refractivity contribution in [1.82, 2.24) is 9.97 Å². The lowest BCUT2D eigenvalue weighted by atomic mass is 9.86. The zero-order valence-corrected chi connectivity index (χ0v) is 14.9. The Kier molecular flexibility index (Phi) is 3.64. The van der Waals surface area contributed by atoms with Crippen molar-refractivity contribution in [3.8, 4) is 0 Å². The average molecular weight is 332 g/mol. The number of nitrogens with two attached hydrogens (primary N) is 1. The van der Waals surface area contributed by atoms with Crippen molar-refractivity contribution in [1.29, 1.82) is 0 Å². The maximum absolute atomic E-state index is 6.04. The number of fused-ring (bicyclic) bond motifs is 1. The summed E-state index contributed by atoms with van der Waals surface area (Å²) >= 11 is 6.03. The fourth-order valence-electron chi connectivity index (χ4n) is 2.89. The molecule has 2 heterocycles. The highest BCUT2D eigenvalue weighted by Gasteiger charge is 2.31. The van der Waals surface area contributed by atoms with Gasteiger partial charge in [0, 0.05) is 12.7 Å². The summed E-state index contributed by atoms with van der Waals surface area (Å²) in [5.41, 5.74) is 10.5. The van der Waals surface area contributed by atoms with Crippen molar-refractivity contribution in [3.05, 3.63) is 34.6 Å². The summed E-state index contributed by atoms with van der Waals surface area (Å²) in [4.78, 5) is 12.7. The first-order valence-electron chi connectivity index (χ1n) is 7.61. The zero-order chi connectivity index (χ0) is 16.9. The van der Waals surface area contributed by atoms with Gasteiger partial charge in [0.2, 0.25) is 5.28 Å². The Morgan fingerprint density at radius 3 is 2.57 bits per heavy atom. The second-order valence-electron chi connectivity index (χ2n) is 7.07. The number of nitrogens with zero attached hydrogens (tertiary/aromatic N) is 4. The van der Waals surface area contributed by atoms with Crippen LogP contribution in [0, 0.1) is 6.92 Å². The van der Waals surface area contributed by atoms with E-state index in [1.807, 2.05) is 11.9 Å². The molecule has 23 heavy (non-hydrogen) atoms. The molecule has 0 aliphatic carbocycles. The Morgan fingerprint density at radius 2 is 1.91 bits per heavy atom. The molecule has 0 fully saturated rings. The lowest BCUT2D eigenvalue weighted by Crippen LogP contribution is -2.25. The van der Waals surface area contributed by atoms with Gasteiger partial charge >= 0.3 is 0 Å². The highest BCUT2D eigenvalue weighted by atomic mass is 35.5. The van der Waals surface area contributed by atoms with Gasteiger partial charge in [0.1, 0.15) is 5.69 Å². The summed E-state index contributed by atoms with van der Waals surface area (Å²) in [5, 5.41) is 0.172. The van der Waals surface area contributed by atoms with Crippen LogP contribution in [0.5, 0.6) is 0 Å². The van der Waals surface area contributed by atoms with Gasteiger partial charge in [-0.1, -0.05) is 32.9 Å². The first kappa shape index (κ1) is 15.9. The molecule has 0 amide bonds. The number of rotatable bonds is 1. The zero-order valence-electron chi connectivity index (χ0n) is 14.2. The normalized spacial score (nSPS) is 14.3. The fourth-order valence-corrected chi connectivity index (χ4v) is 3.06. The van der Waals surface area contributed by atoms with Crippen LogP contribution in [0.2, 0.25) is 5.28 Å². The Labute approximate surface area is 142 Å². The van der Waals surface area contributed by atoms with Crippen LogP contribution in [0.4, 0.5) is 23.0 Å². The number of hydrogen-bond acceptors (Lipinski definition) is 5. The van der Waals surface area contributed by atoms with Crippen LogP contribution in [0.1, 0.15) is 31.9 Å². The fraction of sp³-hybridized carbons (Fsp3) is 0.412. The third-order valence-electron chi connectivity index (χ3n) is 4.22. The molecule has 1 aromatic carbocycles. The number of aryl methyl sites for hydroxylation is 1. The molecule has 0 bridgehead atoms. The standard InChI is InChI=1S/C17H22ClN5/c1-10-6-7-11(17(2,3)4)8-12(10)23-9-22(5)13-14(19)20-16(18)21-15(13)23/h6-8H,9H2,1-5H3,(H2,19,20,21). The average Bonchev–Trinajstić information content (AvgIpc) is 2.75. The highest BCUT2D eigenvalue weighted by molar-refractivity contribution is 6.28. The maximum Gasteiger partial charge on any atom is 0.226 e. The van der Waals surface area contributed by atoms with Crippen molar-refractivity contribution in [2.75, 3.05) is 29.2 Å². The first-order valence-corrected chi connectivity index (χ1v) is 7.99. The molecule has 5 nitrogen and oxygen atoms in total. The Bertz CT molecular complexity index is 766. The van der Waals surface area contributed by atoms with E-state index in [2.05, 4.69) is 60.8 Å². The van der Waals surface area contributed by atoms with E-state index in [0.29, 0.717) is 12.5 Å². The third-order valence-corrected chi connectivity index (χ3v) is 4.39. The summed E-state index contributed by atoms with van der Waals surface area (Å²) in [7, 11) is 1.98.